The van der Waals surface area contributed by atoms with E-state index in [1.807, 2.05) is 11.0 Å². The number of H-pyrrole nitrogens is 1. The van der Waals surface area contributed by atoms with Gasteiger partial charge < -0.3 is 10.2 Å². The Morgan fingerprint density at radius 1 is 1.05 bits per heavy atom. The first-order valence-electron chi connectivity index (χ1n) is 13.1. The van der Waals surface area contributed by atoms with E-state index in [1.54, 1.807) is 53.9 Å². The molecule has 5 aromatic heterocycles. The van der Waals surface area contributed by atoms with Gasteiger partial charge in [0.1, 0.15) is 11.8 Å². The number of nitriles is 1. The first-order valence-corrected chi connectivity index (χ1v) is 13.1. The van der Waals surface area contributed by atoms with E-state index in [1.165, 1.54) is 12.6 Å². The second kappa shape index (κ2) is 12.1. The highest BCUT2D eigenvalue weighted by molar-refractivity contribution is 5.94. The minimum absolute atomic E-state index is 0.145. The summed E-state index contributed by atoms with van der Waals surface area (Å²) in [6.07, 6.45) is 13.4. The molecule has 12 nitrogen and oxygen atoms in total. The van der Waals surface area contributed by atoms with E-state index in [0.29, 0.717) is 22.7 Å². The third-order valence-corrected chi connectivity index (χ3v) is 6.35. The number of fused-ring (bicyclic) bond motifs is 1. The van der Waals surface area contributed by atoms with Gasteiger partial charge in [-0.2, -0.15) is 30.5 Å². The SMILES string of the molecule is CC(C)Nc1cc(-n2ncc3cc(C#N)cnc32)ncc1-c1cn[nH]n1.O=C(c1ccncc1)N1CCCCC1. The zero-order valence-electron chi connectivity index (χ0n) is 22.3. The fourth-order valence-corrected chi connectivity index (χ4v) is 4.45. The lowest BCUT2D eigenvalue weighted by atomic mass is 10.1. The van der Waals surface area contributed by atoms with Crippen LogP contribution < -0.4 is 5.32 Å². The molecule has 1 aliphatic rings. The summed E-state index contributed by atoms with van der Waals surface area (Å²) in [5.74, 6) is 0.764. The van der Waals surface area contributed by atoms with Crippen molar-refractivity contribution >= 4 is 22.6 Å². The molecule has 6 heterocycles. The van der Waals surface area contributed by atoms with Crippen molar-refractivity contribution in [3.63, 3.8) is 0 Å². The summed E-state index contributed by atoms with van der Waals surface area (Å²) in [4.78, 5) is 26.6. The highest BCUT2D eigenvalue weighted by Gasteiger charge is 2.17. The van der Waals surface area contributed by atoms with Gasteiger partial charge in [-0.15, -0.1) is 0 Å². The van der Waals surface area contributed by atoms with Crippen LogP contribution in [0.5, 0.6) is 0 Å². The van der Waals surface area contributed by atoms with E-state index < -0.39 is 0 Å². The zero-order chi connectivity index (χ0) is 27.9. The molecule has 0 unspecified atom stereocenters. The molecule has 1 aliphatic heterocycles. The zero-order valence-corrected chi connectivity index (χ0v) is 22.3. The molecule has 12 heteroatoms. The fourth-order valence-electron chi connectivity index (χ4n) is 4.45. The Morgan fingerprint density at radius 2 is 1.85 bits per heavy atom. The molecule has 0 atom stereocenters. The van der Waals surface area contributed by atoms with Crippen LogP contribution in [0.1, 0.15) is 49.0 Å². The second-order valence-corrected chi connectivity index (χ2v) is 9.64. The molecule has 202 valence electrons. The van der Waals surface area contributed by atoms with Gasteiger partial charge in [-0.25, -0.2) is 9.97 Å². The molecule has 0 saturated carbocycles. The highest BCUT2D eigenvalue weighted by Crippen LogP contribution is 2.28. The highest BCUT2D eigenvalue weighted by atomic mass is 16.2. The molecule has 1 saturated heterocycles. The van der Waals surface area contributed by atoms with Crippen LogP contribution in [0.3, 0.4) is 0 Å². The summed E-state index contributed by atoms with van der Waals surface area (Å²) in [6.45, 7) is 5.92. The van der Waals surface area contributed by atoms with E-state index in [0.717, 1.165) is 48.1 Å². The molecule has 2 N–H and O–H groups in total. The Morgan fingerprint density at radius 3 is 2.55 bits per heavy atom. The number of rotatable bonds is 5. The van der Waals surface area contributed by atoms with Crippen LogP contribution in [0.2, 0.25) is 0 Å². The Labute approximate surface area is 231 Å². The number of amides is 1. The Bertz CT molecular complexity index is 1620. The Balaban J connectivity index is 0.000000194. The summed E-state index contributed by atoms with van der Waals surface area (Å²) in [5.41, 5.74) is 4.30. The molecule has 0 bridgehead atoms. The van der Waals surface area contributed by atoms with Crippen LogP contribution in [0.15, 0.2) is 61.4 Å². The molecule has 0 spiro atoms. The Hall–Kier alpha value is -5.18. The van der Waals surface area contributed by atoms with E-state index in [4.69, 9.17) is 5.26 Å². The van der Waals surface area contributed by atoms with Gasteiger partial charge in [0.15, 0.2) is 11.5 Å². The first-order chi connectivity index (χ1) is 19.5. The van der Waals surface area contributed by atoms with Crippen molar-refractivity contribution in [1.29, 1.82) is 5.26 Å². The van der Waals surface area contributed by atoms with Gasteiger partial charge in [0.05, 0.1) is 18.0 Å². The number of hydrogen-bond acceptors (Lipinski definition) is 9. The monoisotopic (exact) mass is 535 g/mol. The van der Waals surface area contributed by atoms with Crippen molar-refractivity contribution in [1.82, 2.24) is 45.0 Å². The molecule has 0 aromatic carbocycles. The van der Waals surface area contributed by atoms with E-state index in [2.05, 4.69) is 60.7 Å². The average molecular weight is 536 g/mol. The number of aromatic nitrogens is 8. The lowest BCUT2D eigenvalue weighted by Crippen LogP contribution is -2.35. The molecular weight excluding hydrogens is 506 g/mol. The normalized spacial score (nSPS) is 13.0. The fraction of sp³-hybridized carbons (Fsp3) is 0.286. The minimum Gasteiger partial charge on any atom is -0.382 e. The van der Waals surface area contributed by atoms with Crippen LogP contribution in [0, 0.1) is 11.3 Å². The van der Waals surface area contributed by atoms with E-state index in [9.17, 15) is 4.79 Å². The molecule has 6 rings (SSSR count). The van der Waals surface area contributed by atoms with Crippen LogP contribution in [-0.2, 0) is 0 Å². The van der Waals surface area contributed by atoms with E-state index >= 15 is 0 Å². The van der Waals surface area contributed by atoms with Gasteiger partial charge in [0.25, 0.3) is 5.91 Å². The van der Waals surface area contributed by atoms with Crippen LogP contribution >= 0.6 is 0 Å². The summed E-state index contributed by atoms with van der Waals surface area (Å²) >= 11 is 0. The number of aromatic amines is 1. The molecular formula is C28H29N11O. The third kappa shape index (κ3) is 5.94. The summed E-state index contributed by atoms with van der Waals surface area (Å²) < 4.78 is 1.65. The first kappa shape index (κ1) is 26.4. The predicted octanol–water partition coefficient (Wildman–Crippen LogP) is 4.00. The predicted molar refractivity (Wildman–Crippen MR) is 150 cm³/mol. The Kier molecular flexibility index (Phi) is 8.01. The maximum atomic E-state index is 11.9. The smallest absolute Gasteiger partial charge is 0.253 e. The molecule has 1 fully saturated rings. The minimum atomic E-state index is 0.145. The second-order valence-electron chi connectivity index (χ2n) is 9.64. The van der Waals surface area contributed by atoms with Crippen molar-refractivity contribution < 1.29 is 4.79 Å². The lowest BCUT2D eigenvalue weighted by molar-refractivity contribution is 0.0724. The average Bonchev–Trinajstić information content (AvgIpc) is 3.68. The molecule has 1 amide bonds. The number of carbonyl (C=O) groups excluding carboxylic acids is 1. The number of carbonyl (C=O) groups is 1. The van der Waals surface area contributed by atoms with E-state index in [-0.39, 0.29) is 11.9 Å². The number of pyridine rings is 3. The summed E-state index contributed by atoms with van der Waals surface area (Å²) in [5, 5.41) is 28.2. The number of nitrogens with one attached hydrogen (secondary N) is 2. The molecule has 40 heavy (non-hydrogen) atoms. The van der Waals surface area contributed by atoms with Gasteiger partial charge in [-0.05, 0) is 51.3 Å². The molecule has 5 aromatic rings. The van der Waals surface area contributed by atoms with Crippen LogP contribution in [0.25, 0.3) is 28.1 Å². The van der Waals surface area contributed by atoms with Gasteiger partial charge in [0.2, 0.25) is 0 Å². The summed E-state index contributed by atoms with van der Waals surface area (Å²) in [7, 11) is 0. The van der Waals surface area contributed by atoms with Crippen molar-refractivity contribution in [2.45, 2.75) is 39.2 Å². The number of piperidine rings is 1. The summed E-state index contributed by atoms with van der Waals surface area (Å²) in [6, 6.07) is 9.51. The number of hydrogen-bond donors (Lipinski definition) is 2. The van der Waals surface area contributed by atoms with Gasteiger partial charge in [-0.1, -0.05) is 0 Å². The van der Waals surface area contributed by atoms with Crippen molar-refractivity contribution in [3.05, 3.63) is 72.6 Å². The molecule has 0 aliphatic carbocycles. The van der Waals surface area contributed by atoms with Crippen LogP contribution in [0.4, 0.5) is 5.69 Å². The van der Waals surface area contributed by atoms with Gasteiger partial charge >= 0.3 is 0 Å². The maximum Gasteiger partial charge on any atom is 0.253 e. The van der Waals surface area contributed by atoms with Gasteiger partial charge in [0, 0.05) is 72.2 Å². The van der Waals surface area contributed by atoms with Crippen molar-refractivity contribution in [2.24, 2.45) is 0 Å². The topological polar surface area (TPSA) is 154 Å². The van der Waals surface area contributed by atoms with Crippen molar-refractivity contribution in [3.8, 4) is 23.1 Å². The van der Waals surface area contributed by atoms with Crippen molar-refractivity contribution in [2.75, 3.05) is 18.4 Å². The van der Waals surface area contributed by atoms with Crippen LogP contribution in [-0.4, -0.2) is 70.1 Å². The maximum absolute atomic E-state index is 11.9. The number of anilines is 1. The van der Waals surface area contributed by atoms with Gasteiger partial charge in [-0.3, -0.25) is 9.78 Å². The molecule has 0 radical (unpaired) electrons. The quantitative estimate of drug-likeness (QED) is 0.340. The third-order valence-electron chi connectivity index (χ3n) is 6.35. The number of nitrogens with zero attached hydrogens (tertiary/aromatic N) is 9. The lowest BCUT2D eigenvalue weighted by Gasteiger charge is -2.26. The standard InChI is InChI=1S/C17H15N9.C11H14N2O/c1-10(2)23-14-4-16(19-8-13(14)15-9-21-25-24-15)26-17-12(7-22-26)3-11(5-18)6-20-17;14-11(10-4-6-12-7-5-10)13-8-2-1-3-9-13/h3-4,6-10H,1-2H3,(H,19,23)(H,21,24,25);4-7H,1-3,8-9H2. The number of likely N-dealkylation sites (tertiary alicyclic amines) is 1. The largest absolute Gasteiger partial charge is 0.382 e.